The standard InChI is InChI=1S/C38H50ClF2N3O6S/c1-24-6-5-8-33(37-49-20-31(21-50-37)44-22-38(40,41)23-44)32-13-10-28(32)18-43-15-4-3-7-26-16-30(39)12-9-29(26)19-48-35-14-11-27(17-34(35)43)36(45)42-51(46,47)25(24)2/h9,11-12,14,16-17,24-25,28,31-33,37H,3-8,10,13,15,18-23H2,1-2H3,(H,42,45)/t24-,25+,28-,31?,32+,33-,37?/m0/s1. The van der Waals surface area contributed by atoms with Crippen LogP contribution in [0.3, 0.4) is 0 Å². The van der Waals surface area contributed by atoms with E-state index in [1.165, 1.54) is 0 Å². The summed E-state index contributed by atoms with van der Waals surface area (Å²) in [6.07, 6.45) is 6.57. The minimum absolute atomic E-state index is 0.0829. The molecule has 51 heavy (non-hydrogen) atoms. The number of nitrogens with one attached hydrogen (secondary N) is 1. The third-order valence-corrected chi connectivity index (χ3v) is 14.2. The number of benzene rings is 2. The summed E-state index contributed by atoms with van der Waals surface area (Å²) in [5, 5.41) is -0.0892. The van der Waals surface area contributed by atoms with Crippen LogP contribution in [0, 0.1) is 23.7 Å². The second-order valence-corrected chi connectivity index (χ2v) is 18.0. The Kier molecular flexibility index (Phi) is 10.9. The summed E-state index contributed by atoms with van der Waals surface area (Å²) in [6.45, 7) is 5.58. The predicted molar refractivity (Wildman–Crippen MR) is 192 cm³/mol. The van der Waals surface area contributed by atoms with Gasteiger partial charge in [-0.15, -0.1) is 0 Å². The van der Waals surface area contributed by atoms with E-state index in [0.717, 1.165) is 74.8 Å². The molecule has 1 saturated carbocycles. The van der Waals surface area contributed by atoms with Crippen molar-refractivity contribution >= 4 is 33.2 Å². The number of amides is 1. The van der Waals surface area contributed by atoms with Crippen LogP contribution in [0.1, 0.15) is 80.3 Å². The van der Waals surface area contributed by atoms with E-state index in [2.05, 4.69) is 9.62 Å². The van der Waals surface area contributed by atoms with Gasteiger partial charge in [0.25, 0.3) is 11.8 Å². The molecule has 1 N–H and O–H groups in total. The first-order chi connectivity index (χ1) is 24.4. The Morgan fingerprint density at radius 3 is 2.43 bits per heavy atom. The van der Waals surface area contributed by atoms with Crippen molar-refractivity contribution in [2.45, 2.75) is 95.3 Å². The van der Waals surface area contributed by atoms with Crippen molar-refractivity contribution in [1.29, 1.82) is 0 Å². The van der Waals surface area contributed by atoms with Crippen molar-refractivity contribution in [1.82, 2.24) is 9.62 Å². The van der Waals surface area contributed by atoms with Gasteiger partial charge in [-0.1, -0.05) is 31.0 Å². The second-order valence-electron chi connectivity index (χ2n) is 15.5. The number of carbonyl (C=O) groups is 1. The summed E-state index contributed by atoms with van der Waals surface area (Å²) < 4.78 is 75.7. The van der Waals surface area contributed by atoms with E-state index in [1.54, 1.807) is 30.0 Å². The molecule has 7 rings (SSSR count). The Morgan fingerprint density at radius 2 is 1.71 bits per heavy atom. The highest BCUT2D eigenvalue weighted by Gasteiger charge is 2.49. The molecule has 0 unspecified atom stereocenters. The number of ether oxygens (including phenoxy) is 3. The van der Waals surface area contributed by atoms with Crippen LogP contribution in [0.2, 0.25) is 5.02 Å². The zero-order valence-corrected chi connectivity index (χ0v) is 31.1. The Balaban J connectivity index is 1.18. The van der Waals surface area contributed by atoms with E-state index in [9.17, 15) is 22.0 Å². The van der Waals surface area contributed by atoms with Crippen molar-refractivity contribution in [2.75, 3.05) is 44.3 Å². The van der Waals surface area contributed by atoms with E-state index >= 15 is 0 Å². The molecule has 13 heteroatoms. The monoisotopic (exact) mass is 749 g/mol. The van der Waals surface area contributed by atoms with Gasteiger partial charge in [0.1, 0.15) is 12.4 Å². The molecule has 2 aromatic carbocycles. The number of sulfonamides is 1. The van der Waals surface area contributed by atoms with Crippen molar-refractivity contribution in [3.05, 3.63) is 58.1 Å². The molecule has 2 aromatic rings. The molecule has 5 aliphatic rings. The number of hydrogen-bond donors (Lipinski definition) is 1. The van der Waals surface area contributed by atoms with Gasteiger partial charge in [-0.25, -0.2) is 21.9 Å². The van der Waals surface area contributed by atoms with E-state index in [0.29, 0.717) is 48.8 Å². The fourth-order valence-corrected chi connectivity index (χ4v) is 10.1. The summed E-state index contributed by atoms with van der Waals surface area (Å²) in [6, 6.07) is 10.9. The van der Waals surface area contributed by atoms with Crippen LogP contribution in [0.4, 0.5) is 14.5 Å². The van der Waals surface area contributed by atoms with Gasteiger partial charge in [0.15, 0.2) is 6.29 Å². The van der Waals surface area contributed by atoms with Gasteiger partial charge in [0, 0.05) is 29.6 Å². The maximum Gasteiger partial charge on any atom is 0.272 e. The lowest BCUT2D eigenvalue weighted by Crippen LogP contribution is -2.63. The maximum absolute atomic E-state index is 13.6. The van der Waals surface area contributed by atoms with E-state index in [1.807, 2.05) is 25.1 Å². The topological polar surface area (TPSA) is 97.4 Å². The van der Waals surface area contributed by atoms with Crippen molar-refractivity contribution in [2.24, 2.45) is 23.7 Å². The summed E-state index contributed by atoms with van der Waals surface area (Å²) in [5.74, 6) is -2.12. The number of alkyl halides is 2. The van der Waals surface area contributed by atoms with Gasteiger partial charge in [-0.3, -0.25) is 9.69 Å². The molecule has 3 fully saturated rings. The van der Waals surface area contributed by atoms with Gasteiger partial charge in [0.05, 0.1) is 43.3 Å². The SMILES string of the molecule is C[C@@H]1[C@@H](C)CCC[C@H](C2OCC(N3CC(F)(F)C3)CO2)[C@@H]2CC[C@H]2CN2CCCCc3cc(Cl)ccc3COc3ccc(cc32)C(=O)NS1(=O)=O. The molecule has 4 heterocycles. The number of likely N-dealkylation sites (tertiary alicyclic amines) is 1. The van der Waals surface area contributed by atoms with E-state index in [4.69, 9.17) is 25.8 Å². The van der Waals surface area contributed by atoms with E-state index < -0.39 is 33.4 Å². The van der Waals surface area contributed by atoms with Crippen LogP contribution in [0.5, 0.6) is 5.75 Å². The number of aryl methyl sites for hydroxylation is 1. The molecule has 0 radical (unpaired) electrons. The summed E-state index contributed by atoms with van der Waals surface area (Å²) in [5.41, 5.74) is 3.25. The van der Waals surface area contributed by atoms with Crippen LogP contribution >= 0.6 is 11.6 Å². The first-order valence-corrected chi connectivity index (χ1v) is 20.5. The molecular weight excluding hydrogens is 700 g/mol. The minimum Gasteiger partial charge on any atom is -0.487 e. The number of hydrogen-bond acceptors (Lipinski definition) is 8. The highest BCUT2D eigenvalue weighted by molar-refractivity contribution is 7.90. The predicted octanol–water partition coefficient (Wildman–Crippen LogP) is 6.66. The molecule has 280 valence electrons. The molecular formula is C38H50ClF2N3O6S. The number of carbonyl (C=O) groups excluding carboxylic acids is 1. The van der Waals surface area contributed by atoms with Gasteiger partial charge >= 0.3 is 0 Å². The Bertz CT molecular complexity index is 1680. The maximum atomic E-state index is 13.6. The molecule has 0 spiro atoms. The van der Waals surface area contributed by atoms with Gasteiger partial charge in [-0.2, -0.15) is 0 Å². The van der Waals surface area contributed by atoms with Gasteiger partial charge in [0.2, 0.25) is 10.0 Å². The summed E-state index contributed by atoms with van der Waals surface area (Å²) in [4.78, 5) is 17.6. The summed E-state index contributed by atoms with van der Waals surface area (Å²) >= 11 is 6.37. The Morgan fingerprint density at radius 1 is 0.922 bits per heavy atom. The first kappa shape index (κ1) is 36.8. The molecule has 2 bridgehead atoms. The lowest BCUT2D eigenvalue weighted by Gasteiger charge is -2.50. The Labute approximate surface area is 305 Å². The number of nitrogens with zero attached hydrogens (tertiary/aromatic N) is 2. The van der Waals surface area contributed by atoms with Crippen LogP contribution in [0.15, 0.2) is 36.4 Å². The average molecular weight is 750 g/mol. The number of halogens is 3. The average Bonchev–Trinajstić information content (AvgIpc) is 3.10. The number of anilines is 1. The molecule has 9 nitrogen and oxygen atoms in total. The first-order valence-electron chi connectivity index (χ1n) is 18.6. The van der Waals surface area contributed by atoms with Crippen molar-refractivity contribution in [3.63, 3.8) is 0 Å². The molecule has 5 atom stereocenters. The third-order valence-electron chi connectivity index (χ3n) is 12.1. The highest BCUT2D eigenvalue weighted by atomic mass is 35.5. The quantitative estimate of drug-likeness (QED) is 0.364. The zero-order chi connectivity index (χ0) is 35.9. The van der Waals surface area contributed by atoms with E-state index in [-0.39, 0.29) is 36.5 Å². The molecule has 2 saturated heterocycles. The summed E-state index contributed by atoms with van der Waals surface area (Å²) in [7, 11) is -3.96. The lowest BCUT2D eigenvalue weighted by molar-refractivity contribution is -0.260. The van der Waals surface area contributed by atoms with Crippen LogP contribution < -0.4 is 14.4 Å². The van der Waals surface area contributed by atoms with Crippen LogP contribution in [0.25, 0.3) is 0 Å². The lowest BCUT2D eigenvalue weighted by atomic mass is 9.65. The van der Waals surface area contributed by atoms with Gasteiger partial charge in [-0.05, 0) is 111 Å². The fraction of sp³-hybridized carbons (Fsp3) is 0.658. The van der Waals surface area contributed by atoms with Crippen LogP contribution in [-0.4, -0.2) is 82.1 Å². The molecule has 1 amide bonds. The Hall–Kier alpha value is -2.51. The smallest absolute Gasteiger partial charge is 0.272 e. The second kappa shape index (κ2) is 15.1. The zero-order valence-electron chi connectivity index (χ0n) is 29.5. The van der Waals surface area contributed by atoms with Crippen molar-refractivity contribution < 1.29 is 36.2 Å². The number of rotatable bonds is 2. The molecule has 4 aliphatic heterocycles. The minimum atomic E-state index is -3.96. The van der Waals surface area contributed by atoms with Crippen molar-refractivity contribution in [3.8, 4) is 5.75 Å². The molecule has 1 aliphatic carbocycles. The molecule has 0 aromatic heterocycles. The van der Waals surface area contributed by atoms with Crippen LogP contribution in [-0.2, 0) is 32.5 Å². The highest BCUT2D eigenvalue weighted by Crippen LogP contribution is 2.47. The largest absolute Gasteiger partial charge is 0.487 e. The fourth-order valence-electron chi connectivity index (χ4n) is 8.57. The third kappa shape index (κ3) is 8.20. The number of fused-ring (bicyclic) bond motifs is 3. The normalized spacial score (nSPS) is 33.2. The van der Waals surface area contributed by atoms with Gasteiger partial charge < -0.3 is 19.1 Å².